The monoisotopic (exact) mass is 256 g/mol. The van der Waals surface area contributed by atoms with Crippen molar-refractivity contribution in [2.45, 2.75) is 0 Å². The van der Waals surface area contributed by atoms with E-state index in [-0.39, 0.29) is 5.03 Å². The zero-order valence-corrected chi connectivity index (χ0v) is 10.5. The van der Waals surface area contributed by atoms with E-state index in [9.17, 15) is 0 Å². The molecule has 0 aliphatic heterocycles. The van der Waals surface area contributed by atoms with Crippen LogP contribution in [0.2, 0.25) is 0 Å². The highest BCUT2D eigenvalue weighted by Crippen LogP contribution is 2.23. The normalized spacial score (nSPS) is 11.8. The number of rotatable bonds is 3. The molecule has 0 atom stereocenters. The van der Waals surface area contributed by atoms with Gasteiger partial charge < -0.3 is 11.1 Å². The summed E-state index contributed by atoms with van der Waals surface area (Å²) in [6.07, 6.45) is 1.05. The third-order valence-corrected chi connectivity index (χ3v) is 2.98. The van der Waals surface area contributed by atoms with Gasteiger partial charge in [-0.05, 0) is 22.8 Å². The van der Waals surface area contributed by atoms with Gasteiger partial charge in [0.05, 0.1) is 10.7 Å². The molecule has 0 aromatic heterocycles. The molecule has 0 saturated carbocycles. The van der Waals surface area contributed by atoms with E-state index in [0.717, 1.165) is 22.9 Å². The maximum Gasteiger partial charge on any atom is 0.0817 e. The molecule has 3 heteroatoms. The Kier molecular flexibility index (Phi) is 3.80. The van der Waals surface area contributed by atoms with E-state index in [0.29, 0.717) is 5.70 Å². The lowest BCUT2D eigenvalue weighted by atomic mass is 10.0. The summed E-state index contributed by atoms with van der Waals surface area (Å²) in [6.45, 7) is 0. The lowest BCUT2D eigenvalue weighted by Crippen LogP contribution is -1.99. The number of benzene rings is 2. The van der Waals surface area contributed by atoms with E-state index in [1.807, 2.05) is 54.6 Å². The molecule has 3 N–H and O–H groups in total. The molecule has 2 nitrogen and oxygen atoms in total. The van der Waals surface area contributed by atoms with Crippen LogP contribution in [0.15, 0.2) is 59.6 Å². The zero-order valence-electron chi connectivity index (χ0n) is 9.73. The van der Waals surface area contributed by atoms with Gasteiger partial charge in [-0.1, -0.05) is 60.1 Å². The van der Waals surface area contributed by atoms with Crippen molar-refractivity contribution in [3.05, 3.63) is 65.2 Å². The number of allylic oxidation sites excluding steroid dienone is 1. The third-order valence-electron chi connectivity index (χ3n) is 2.66. The molecule has 90 valence electrons. The SMILES string of the molecule is N=CC(Cl)=C(N)c1cccc(-c2ccccc2)c1. The van der Waals surface area contributed by atoms with Gasteiger partial charge in [-0.25, -0.2) is 0 Å². The second-order valence-electron chi connectivity index (χ2n) is 3.85. The van der Waals surface area contributed by atoms with E-state index in [1.54, 1.807) is 0 Å². The summed E-state index contributed by atoms with van der Waals surface area (Å²) in [6, 6.07) is 17.8. The van der Waals surface area contributed by atoms with Crippen molar-refractivity contribution >= 4 is 23.5 Å². The van der Waals surface area contributed by atoms with Gasteiger partial charge in [-0.2, -0.15) is 0 Å². The summed E-state index contributed by atoms with van der Waals surface area (Å²) < 4.78 is 0. The lowest BCUT2D eigenvalue weighted by Gasteiger charge is -2.06. The highest BCUT2D eigenvalue weighted by molar-refractivity contribution is 6.42. The average Bonchev–Trinajstić information content (AvgIpc) is 2.46. The molecule has 0 spiro atoms. The van der Waals surface area contributed by atoms with Gasteiger partial charge in [-0.3, -0.25) is 0 Å². The quantitative estimate of drug-likeness (QED) is 0.805. The maximum atomic E-state index is 7.11. The largest absolute Gasteiger partial charge is 0.397 e. The minimum absolute atomic E-state index is 0.250. The fraction of sp³-hybridized carbons (Fsp3) is 0. The minimum atomic E-state index is 0.250. The van der Waals surface area contributed by atoms with E-state index in [1.165, 1.54) is 0 Å². The molecule has 2 aromatic carbocycles. The van der Waals surface area contributed by atoms with Gasteiger partial charge in [0.25, 0.3) is 0 Å². The molecule has 0 aliphatic rings. The summed E-state index contributed by atoms with van der Waals surface area (Å²) in [7, 11) is 0. The highest BCUT2D eigenvalue weighted by atomic mass is 35.5. The minimum Gasteiger partial charge on any atom is -0.397 e. The Balaban J connectivity index is 2.47. The Morgan fingerprint density at radius 3 is 2.33 bits per heavy atom. The predicted octanol–water partition coefficient (Wildman–Crippen LogP) is 3.87. The van der Waals surface area contributed by atoms with Crippen molar-refractivity contribution in [2.24, 2.45) is 5.73 Å². The van der Waals surface area contributed by atoms with Gasteiger partial charge in [-0.15, -0.1) is 0 Å². The van der Waals surface area contributed by atoms with Gasteiger partial charge >= 0.3 is 0 Å². The third kappa shape index (κ3) is 2.60. The first-order valence-corrected chi connectivity index (χ1v) is 5.92. The molecule has 0 unspecified atom stereocenters. The fourth-order valence-corrected chi connectivity index (χ4v) is 1.82. The number of nitrogens with two attached hydrogens (primary N) is 1. The van der Waals surface area contributed by atoms with Crippen molar-refractivity contribution in [1.29, 1.82) is 5.41 Å². The van der Waals surface area contributed by atoms with Crippen LogP contribution < -0.4 is 5.73 Å². The maximum absolute atomic E-state index is 7.11. The molecular formula is C15H13ClN2. The molecule has 18 heavy (non-hydrogen) atoms. The standard InChI is InChI=1S/C15H13ClN2/c16-14(10-17)15(18)13-8-4-7-12(9-13)11-5-2-1-3-6-11/h1-10,17H,18H2. The Morgan fingerprint density at radius 2 is 1.67 bits per heavy atom. The second kappa shape index (κ2) is 5.52. The summed E-state index contributed by atoms with van der Waals surface area (Å²) >= 11 is 5.86. The Hall–Kier alpha value is -2.06. The molecular weight excluding hydrogens is 244 g/mol. The number of halogens is 1. The van der Waals surface area contributed by atoms with Crippen molar-refractivity contribution in [3.8, 4) is 11.1 Å². The van der Waals surface area contributed by atoms with Crippen LogP contribution in [0.3, 0.4) is 0 Å². The Bertz CT molecular complexity index is 588. The van der Waals surface area contributed by atoms with E-state index in [2.05, 4.69) is 0 Å². The molecule has 0 amide bonds. The first-order chi connectivity index (χ1) is 8.72. The fourth-order valence-electron chi connectivity index (χ4n) is 1.71. The molecule has 0 aliphatic carbocycles. The van der Waals surface area contributed by atoms with Crippen LogP contribution in [-0.2, 0) is 0 Å². The summed E-state index contributed by atoms with van der Waals surface area (Å²) in [5, 5.41) is 7.36. The van der Waals surface area contributed by atoms with Crippen molar-refractivity contribution < 1.29 is 0 Å². The van der Waals surface area contributed by atoms with Crippen LogP contribution in [0.4, 0.5) is 0 Å². The second-order valence-corrected chi connectivity index (χ2v) is 4.26. The van der Waals surface area contributed by atoms with E-state index < -0.39 is 0 Å². The van der Waals surface area contributed by atoms with Crippen LogP contribution in [0, 0.1) is 5.41 Å². The highest BCUT2D eigenvalue weighted by Gasteiger charge is 2.03. The molecule has 2 rings (SSSR count). The smallest absolute Gasteiger partial charge is 0.0817 e. The van der Waals surface area contributed by atoms with E-state index >= 15 is 0 Å². The lowest BCUT2D eigenvalue weighted by molar-refractivity contribution is 1.49. The van der Waals surface area contributed by atoms with Crippen LogP contribution in [0.25, 0.3) is 16.8 Å². The molecule has 0 bridgehead atoms. The van der Waals surface area contributed by atoms with Gasteiger partial charge in [0, 0.05) is 6.21 Å². The van der Waals surface area contributed by atoms with Crippen LogP contribution in [0.5, 0.6) is 0 Å². The summed E-state index contributed by atoms with van der Waals surface area (Å²) in [5.74, 6) is 0. The molecule has 0 heterocycles. The number of hydrogen-bond acceptors (Lipinski definition) is 2. The Labute approximate surface area is 111 Å². The van der Waals surface area contributed by atoms with Gasteiger partial charge in [0.2, 0.25) is 0 Å². The van der Waals surface area contributed by atoms with Crippen molar-refractivity contribution in [3.63, 3.8) is 0 Å². The summed E-state index contributed by atoms with van der Waals surface area (Å²) in [4.78, 5) is 0. The zero-order chi connectivity index (χ0) is 13.0. The predicted molar refractivity (Wildman–Crippen MR) is 77.6 cm³/mol. The number of hydrogen-bond donors (Lipinski definition) is 2. The number of nitrogens with one attached hydrogen (secondary N) is 1. The Morgan fingerprint density at radius 1 is 1.00 bits per heavy atom. The van der Waals surface area contributed by atoms with E-state index in [4.69, 9.17) is 22.7 Å². The van der Waals surface area contributed by atoms with Gasteiger partial charge in [0.1, 0.15) is 0 Å². The van der Waals surface area contributed by atoms with Crippen molar-refractivity contribution in [2.75, 3.05) is 0 Å². The molecule has 2 aromatic rings. The van der Waals surface area contributed by atoms with Crippen LogP contribution in [-0.4, -0.2) is 6.21 Å². The summed E-state index contributed by atoms with van der Waals surface area (Å²) in [5.41, 5.74) is 9.33. The average molecular weight is 257 g/mol. The molecule has 0 radical (unpaired) electrons. The van der Waals surface area contributed by atoms with Gasteiger partial charge in [0.15, 0.2) is 0 Å². The molecule has 0 saturated heterocycles. The van der Waals surface area contributed by atoms with Crippen molar-refractivity contribution in [1.82, 2.24) is 0 Å². The van der Waals surface area contributed by atoms with Crippen LogP contribution in [0.1, 0.15) is 5.56 Å². The topological polar surface area (TPSA) is 49.9 Å². The van der Waals surface area contributed by atoms with Crippen LogP contribution >= 0.6 is 11.6 Å². The first kappa shape index (κ1) is 12.4. The first-order valence-electron chi connectivity index (χ1n) is 5.54. The molecule has 0 fully saturated rings.